The third kappa shape index (κ3) is 2.36. The molecule has 0 spiro atoms. The SMILES string of the molecule is Cn1ncc(-c2ccc(Oc3ccccc3)cc2)c1N. The van der Waals surface area contributed by atoms with Gasteiger partial charge in [-0.25, -0.2) is 0 Å². The van der Waals surface area contributed by atoms with Crippen LogP contribution in [0, 0.1) is 0 Å². The molecule has 0 fully saturated rings. The maximum Gasteiger partial charge on any atom is 0.129 e. The molecule has 100 valence electrons. The highest BCUT2D eigenvalue weighted by Gasteiger charge is 2.07. The third-order valence-electron chi connectivity index (χ3n) is 3.13. The summed E-state index contributed by atoms with van der Waals surface area (Å²) in [7, 11) is 1.83. The molecule has 0 bridgehead atoms. The number of rotatable bonds is 3. The van der Waals surface area contributed by atoms with Gasteiger partial charge >= 0.3 is 0 Å². The number of hydrogen-bond donors (Lipinski definition) is 1. The number of para-hydroxylation sites is 1. The van der Waals surface area contributed by atoms with Crippen LogP contribution in [0.15, 0.2) is 60.8 Å². The van der Waals surface area contributed by atoms with Crippen LogP contribution in [0.3, 0.4) is 0 Å². The Morgan fingerprint density at radius 1 is 0.950 bits per heavy atom. The number of ether oxygens (including phenoxy) is 1. The number of aromatic nitrogens is 2. The van der Waals surface area contributed by atoms with Crippen molar-refractivity contribution in [2.75, 3.05) is 5.73 Å². The van der Waals surface area contributed by atoms with Gasteiger partial charge in [-0.05, 0) is 29.8 Å². The molecule has 0 amide bonds. The number of benzene rings is 2. The summed E-state index contributed by atoms with van der Waals surface area (Å²) in [4.78, 5) is 0. The summed E-state index contributed by atoms with van der Waals surface area (Å²) >= 11 is 0. The Balaban J connectivity index is 1.83. The minimum absolute atomic E-state index is 0.654. The molecule has 3 aromatic rings. The molecule has 0 atom stereocenters. The first-order valence-corrected chi connectivity index (χ1v) is 6.35. The van der Waals surface area contributed by atoms with E-state index < -0.39 is 0 Å². The zero-order valence-corrected chi connectivity index (χ0v) is 11.2. The van der Waals surface area contributed by atoms with Gasteiger partial charge in [0, 0.05) is 12.6 Å². The average Bonchev–Trinajstić information content (AvgIpc) is 2.81. The smallest absolute Gasteiger partial charge is 0.129 e. The standard InChI is InChI=1S/C16H15N3O/c1-19-16(17)15(11-18-19)12-7-9-14(10-8-12)20-13-5-3-2-4-6-13/h2-11H,17H2,1H3. The number of aryl methyl sites for hydroxylation is 1. The van der Waals surface area contributed by atoms with Gasteiger partial charge in [-0.2, -0.15) is 5.10 Å². The highest BCUT2D eigenvalue weighted by molar-refractivity contribution is 5.73. The van der Waals surface area contributed by atoms with Gasteiger partial charge < -0.3 is 10.5 Å². The summed E-state index contributed by atoms with van der Waals surface area (Å²) in [6, 6.07) is 17.5. The molecular weight excluding hydrogens is 250 g/mol. The van der Waals surface area contributed by atoms with Crippen molar-refractivity contribution in [3.05, 3.63) is 60.8 Å². The lowest BCUT2D eigenvalue weighted by molar-refractivity contribution is 0.483. The van der Waals surface area contributed by atoms with E-state index in [1.54, 1.807) is 10.9 Å². The zero-order chi connectivity index (χ0) is 13.9. The molecule has 4 heteroatoms. The van der Waals surface area contributed by atoms with Crippen molar-refractivity contribution >= 4 is 5.82 Å². The van der Waals surface area contributed by atoms with Gasteiger partial charge in [-0.1, -0.05) is 30.3 Å². The number of nitrogen functional groups attached to an aromatic ring is 1. The molecule has 0 aliphatic rings. The number of nitrogens with two attached hydrogens (primary N) is 1. The van der Waals surface area contributed by atoms with E-state index in [1.165, 1.54) is 0 Å². The number of anilines is 1. The molecule has 0 unspecified atom stereocenters. The van der Waals surface area contributed by atoms with Crippen LogP contribution in [-0.2, 0) is 7.05 Å². The van der Waals surface area contributed by atoms with Gasteiger partial charge in [0.2, 0.25) is 0 Å². The first-order valence-electron chi connectivity index (χ1n) is 6.35. The lowest BCUT2D eigenvalue weighted by Crippen LogP contribution is -1.97. The minimum Gasteiger partial charge on any atom is -0.457 e. The van der Waals surface area contributed by atoms with Crippen LogP contribution in [-0.4, -0.2) is 9.78 Å². The third-order valence-corrected chi connectivity index (χ3v) is 3.13. The average molecular weight is 265 g/mol. The Kier molecular flexibility index (Phi) is 3.13. The van der Waals surface area contributed by atoms with E-state index in [2.05, 4.69) is 5.10 Å². The number of hydrogen-bond acceptors (Lipinski definition) is 3. The van der Waals surface area contributed by atoms with E-state index in [0.29, 0.717) is 5.82 Å². The van der Waals surface area contributed by atoms with Crippen LogP contribution < -0.4 is 10.5 Å². The summed E-state index contributed by atoms with van der Waals surface area (Å²) in [6.45, 7) is 0. The number of nitrogens with zero attached hydrogens (tertiary/aromatic N) is 2. The van der Waals surface area contributed by atoms with Gasteiger partial charge in [-0.3, -0.25) is 4.68 Å². The van der Waals surface area contributed by atoms with Crippen LogP contribution in [0.2, 0.25) is 0 Å². The molecule has 1 aromatic heterocycles. The van der Waals surface area contributed by atoms with Crippen molar-refractivity contribution in [1.82, 2.24) is 9.78 Å². The van der Waals surface area contributed by atoms with Crippen molar-refractivity contribution in [3.8, 4) is 22.6 Å². The van der Waals surface area contributed by atoms with Crippen molar-refractivity contribution in [2.45, 2.75) is 0 Å². The summed E-state index contributed by atoms with van der Waals surface area (Å²) in [6.07, 6.45) is 1.77. The van der Waals surface area contributed by atoms with Crippen LogP contribution in [0.4, 0.5) is 5.82 Å². The molecule has 0 aliphatic heterocycles. The second-order valence-electron chi connectivity index (χ2n) is 4.51. The van der Waals surface area contributed by atoms with Crippen molar-refractivity contribution in [2.24, 2.45) is 7.05 Å². The fraction of sp³-hybridized carbons (Fsp3) is 0.0625. The van der Waals surface area contributed by atoms with Crippen molar-refractivity contribution in [1.29, 1.82) is 0 Å². The Hall–Kier alpha value is -2.75. The van der Waals surface area contributed by atoms with E-state index in [1.807, 2.05) is 61.6 Å². The first-order chi connectivity index (χ1) is 9.74. The lowest BCUT2D eigenvalue weighted by Gasteiger charge is -2.06. The molecule has 20 heavy (non-hydrogen) atoms. The molecule has 0 saturated carbocycles. The Labute approximate surface area is 117 Å². The van der Waals surface area contributed by atoms with Crippen LogP contribution in [0.1, 0.15) is 0 Å². The molecule has 0 radical (unpaired) electrons. The van der Waals surface area contributed by atoms with E-state index >= 15 is 0 Å². The molecule has 3 rings (SSSR count). The zero-order valence-electron chi connectivity index (χ0n) is 11.2. The van der Waals surface area contributed by atoms with Crippen LogP contribution in [0.5, 0.6) is 11.5 Å². The fourth-order valence-corrected chi connectivity index (χ4v) is 2.00. The van der Waals surface area contributed by atoms with Crippen molar-refractivity contribution in [3.63, 3.8) is 0 Å². The molecule has 2 N–H and O–H groups in total. The van der Waals surface area contributed by atoms with E-state index in [0.717, 1.165) is 22.6 Å². The molecular formula is C16H15N3O. The lowest BCUT2D eigenvalue weighted by atomic mass is 10.1. The largest absolute Gasteiger partial charge is 0.457 e. The minimum atomic E-state index is 0.654. The maximum atomic E-state index is 5.97. The molecule has 1 heterocycles. The maximum absolute atomic E-state index is 5.97. The van der Waals surface area contributed by atoms with Gasteiger partial charge in [0.15, 0.2) is 0 Å². The summed E-state index contributed by atoms with van der Waals surface area (Å²) in [5.41, 5.74) is 7.92. The monoisotopic (exact) mass is 265 g/mol. The van der Waals surface area contributed by atoms with Gasteiger partial charge in [0.05, 0.1) is 6.20 Å². The summed E-state index contributed by atoms with van der Waals surface area (Å²) < 4.78 is 7.41. The Bertz CT molecular complexity index is 702. The Morgan fingerprint density at radius 2 is 1.60 bits per heavy atom. The van der Waals surface area contributed by atoms with Gasteiger partial charge in [-0.15, -0.1) is 0 Å². The second-order valence-corrected chi connectivity index (χ2v) is 4.51. The van der Waals surface area contributed by atoms with E-state index in [4.69, 9.17) is 10.5 Å². The van der Waals surface area contributed by atoms with Crippen LogP contribution >= 0.6 is 0 Å². The fourth-order valence-electron chi connectivity index (χ4n) is 2.00. The molecule has 4 nitrogen and oxygen atoms in total. The van der Waals surface area contributed by atoms with Gasteiger partial charge in [0.1, 0.15) is 17.3 Å². The molecule has 0 saturated heterocycles. The topological polar surface area (TPSA) is 53.1 Å². The van der Waals surface area contributed by atoms with Crippen LogP contribution in [0.25, 0.3) is 11.1 Å². The quantitative estimate of drug-likeness (QED) is 0.789. The summed E-state index contributed by atoms with van der Waals surface area (Å²) in [5.74, 6) is 2.27. The van der Waals surface area contributed by atoms with Crippen molar-refractivity contribution < 1.29 is 4.74 Å². The predicted molar refractivity (Wildman–Crippen MR) is 79.6 cm³/mol. The highest BCUT2D eigenvalue weighted by Crippen LogP contribution is 2.28. The highest BCUT2D eigenvalue weighted by atomic mass is 16.5. The normalized spacial score (nSPS) is 10.4. The molecule has 2 aromatic carbocycles. The Morgan fingerprint density at radius 3 is 2.20 bits per heavy atom. The van der Waals surface area contributed by atoms with E-state index in [9.17, 15) is 0 Å². The van der Waals surface area contributed by atoms with Gasteiger partial charge in [0.25, 0.3) is 0 Å². The summed E-state index contributed by atoms with van der Waals surface area (Å²) in [5, 5.41) is 4.14. The van der Waals surface area contributed by atoms with E-state index in [-0.39, 0.29) is 0 Å². The molecule has 0 aliphatic carbocycles. The second kappa shape index (κ2) is 5.09. The first kappa shape index (κ1) is 12.3. The predicted octanol–water partition coefficient (Wildman–Crippen LogP) is 3.46.